The smallest absolute Gasteiger partial charge is 0.341 e. The van der Waals surface area contributed by atoms with Gasteiger partial charge in [-0.3, -0.25) is 0 Å². The van der Waals surface area contributed by atoms with Gasteiger partial charge in [-0.1, -0.05) is 6.92 Å². The highest BCUT2D eigenvalue weighted by Gasteiger charge is 2.21. The summed E-state index contributed by atoms with van der Waals surface area (Å²) in [7, 11) is 1.34. The zero-order chi connectivity index (χ0) is 13.8. The number of esters is 1. The molecule has 1 heterocycles. The lowest BCUT2D eigenvalue weighted by Gasteiger charge is -2.26. The Morgan fingerprint density at radius 2 is 2.28 bits per heavy atom. The van der Waals surface area contributed by atoms with Crippen molar-refractivity contribution in [3.05, 3.63) is 23.2 Å². The van der Waals surface area contributed by atoms with Crippen molar-refractivity contribution < 1.29 is 19.1 Å². The summed E-state index contributed by atoms with van der Waals surface area (Å²) in [6.45, 7) is 6.16. The van der Waals surface area contributed by atoms with E-state index in [0.29, 0.717) is 23.6 Å². The van der Waals surface area contributed by atoms with Gasteiger partial charge >= 0.3 is 5.97 Å². The predicted octanol–water partition coefficient (Wildman–Crippen LogP) is 1.63. The number of methoxy groups -OCH3 is 1. The third-order valence-electron chi connectivity index (χ3n) is 3.19. The highest BCUT2D eigenvalue weighted by molar-refractivity contribution is 5.90. The molecule has 0 saturated heterocycles. The molecule has 0 aromatic carbocycles. The summed E-state index contributed by atoms with van der Waals surface area (Å²) < 4.78 is 10.1. The number of hydrogen-bond donors (Lipinski definition) is 2. The lowest BCUT2D eigenvalue weighted by molar-refractivity contribution is 0.0599. The molecule has 2 N–H and O–H groups in total. The van der Waals surface area contributed by atoms with Crippen LogP contribution in [0.25, 0.3) is 0 Å². The van der Waals surface area contributed by atoms with Crippen LogP contribution in [0.3, 0.4) is 0 Å². The molecule has 1 aromatic rings. The maximum Gasteiger partial charge on any atom is 0.341 e. The van der Waals surface area contributed by atoms with Gasteiger partial charge in [-0.15, -0.1) is 0 Å². The zero-order valence-corrected chi connectivity index (χ0v) is 11.4. The summed E-state index contributed by atoms with van der Waals surface area (Å²) in [5.41, 5.74) is 0.100. The molecule has 0 fully saturated rings. The molecule has 1 aromatic heterocycles. The van der Waals surface area contributed by atoms with Crippen LogP contribution in [0, 0.1) is 6.92 Å². The molecule has 0 aliphatic heterocycles. The van der Waals surface area contributed by atoms with Crippen molar-refractivity contribution in [3.8, 4) is 0 Å². The zero-order valence-electron chi connectivity index (χ0n) is 11.4. The number of rotatable bonds is 6. The van der Waals surface area contributed by atoms with Crippen LogP contribution >= 0.6 is 0 Å². The number of carbonyl (C=O) groups is 1. The van der Waals surface area contributed by atoms with E-state index in [2.05, 4.69) is 10.1 Å². The van der Waals surface area contributed by atoms with E-state index in [0.717, 1.165) is 6.42 Å². The first-order chi connectivity index (χ1) is 8.45. The molecule has 0 saturated carbocycles. The van der Waals surface area contributed by atoms with Gasteiger partial charge in [0.05, 0.1) is 20.3 Å². The van der Waals surface area contributed by atoms with Gasteiger partial charge in [0.1, 0.15) is 17.1 Å². The van der Waals surface area contributed by atoms with Gasteiger partial charge < -0.3 is 19.6 Å². The second-order valence-electron chi connectivity index (χ2n) is 4.60. The quantitative estimate of drug-likeness (QED) is 0.756. The van der Waals surface area contributed by atoms with Crippen LogP contribution in [-0.2, 0) is 11.3 Å². The summed E-state index contributed by atoms with van der Waals surface area (Å²) in [4.78, 5) is 11.4. The number of carbonyl (C=O) groups excluding carboxylic acids is 1. The molecule has 102 valence electrons. The van der Waals surface area contributed by atoms with E-state index in [1.165, 1.54) is 7.11 Å². The first-order valence-electron chi connectivity index (χ1n) is 5.99. The van der Waals surface area contributed by atoms with E-state index < -0.39 is 5.97 Å². The average Bonchev–Trinajstić information content (AvgIpc) is 2.76. The molecule has 0 bridgehead atoms. The van der Waals surface area contributed by atoms with Crippen molar-refractivity contribution >= 4 is 5.97 Å². The molecule has 0 aliphatic rings. The number of nitrogens with one attached hydrogen (secondary N) is 1. The van der Waals surface area contributed by atoms with Gasteiger partial charge in [-0.2, -0.15) is 0 Å². The topological polar surface area (TPSA) is 71.7 Å². The Labute approximate surface area is 107 Å². The lowest BCUT2D eigenvalue weighted by Crippen LogP contribution is -2.44. The van der Waals surface area contributed by atoms with Crippen LogP contribution in [0.4, 0.5) is 0 Å². The fourth-order valence-electron chi connectivity index (χ4n) is 1.54. The van der Waals surface area contributed by atoms with Crippen LogP contribution in [0.15, 0.2) is 10.5 Å². The molecule has 1 unspecified atom stereocenters. The molecule has 0 radical (unpaired) electrons. The number of aliphatic hydroxyl groups is 1. The van der Waals surface area contributed by atoms with Crippen molar-refractivity contribution in [2.75, 3.05) is 13.7 Å². The monoisotopic (exact) mass is 255 g/mol. The number of furan rings is 1. The maximum atomic E-state index is 11.4. The lowest BCUT2D eigenvalue weighted by atomic mass is 10.0. The third-order valence-corrected chi connectivity index (χ3v) is 3.19. The number of ether oxygens (including phenoxy) is 1. The summed E-state index contributed by atoms with van der Waals surface area (Å²) >= 11 is 0. The molecule has 0 aliphatic carbocycles. The van der Waals surface area contributed by atoms with Crippen molar-refractivity contribution in [2.24, 2.45) is 0 Å². The summed E-state index contributed by atoms with van der Waals surface area (Å²) in [5.74, 6) is 0.796. The van der Waals surface area contributed by atoms with Crippen LogP contribution in [-0.4, -0.2) is 30.3 Å². The Morgan fingerprint density at radius 1 is 1.61 bits per heavy atom. The van der Waals surface area contributed by atoms with E-state index in [1.807, 2.05) is 13.8 Å². The van der Waals surface area contributed by atoms with Gasteiger partial charge in [0, 0.05) is 5.54 Å². The average molecular weight is 255 g/mol. The van der Waals surface area contributed by atoms with Gasteiger partial charge in [-0.05, 0) is 26.3 Å². The SMILES string of the molecule is CCC(C)(CO)NCc1cc(C(=O)OC)c(C)o1. The summed E-state index contributed by atoms with van der Waals surface area (Å²) in [6.07, 6.45) is 0.799. The molecular weight excluding hydrogens is 234 g/mol. The highest BCUT2D eigenvalue weighted by Crippen LogP contribution is 2.17. The van der Waals surface area contributed by atoms with E-state index >= 15 is 0 Å². The predicted molar refractivity (Wildman–Crippen MR) is 67.4 cm³/mol. The standard InChI is InChI=1S/C13H21NO4/c1-5-13(3,8-15)14-7-10-6-11(9(2)18-10)12(16)17-4/h6,14-15H,5,7-8H2,1-4H3. The molecule has 18 heavy (non-hydrogen) atoms. The Morgan fingerprint density at radius 3 is 2.78 bits per heavy atom. The van der Waals surface area contributed by atoms with E-state index in [9.17, 15) is 9.90 Å². The summed E-state index contributed by atoms with van der Waals surface area (Å²) in [5, 5.41) is 12.5. The molecule has 5 nitrogen and oxygen atoms in total. The van der Waals surface area contributed by atoms with Crippen LogP contribution in [0.2, 0.25) is 0 Å². The first-order valence-corrected chi connectivity index (χ1v) is 5.99. The molecule has 0 amide bonds. The Kier molecular flexibility index (Phi) is 4.93. The normalized spacial score (nSPS) is 14.3. The number of hydrogen-bond acceptors (Lipinski definition) is 5. The second kappa shape index (κ2) is 6.02. The molecular formula is C13H21NO4. The fraction of sp³-hybridized carbons (Fsp3) is 0.615. The van der Waals surface area contributed by atoms with Crippen LogP contribution in [0.5, 0.6) is 0 Å². The van der Waals surface area contributed by atoms with Gasteiger partial charge in [0.2, 0.25) is 0 Å². The van der Waals surface area contributed by atoms with Gasteiger partial charge in [-0.25, -0.2) is 4.79 Å². The Hall–Kier alpha value is -1.33. The minimum Gasteiger partial charge on any atom is -0.465 e. The van der Waals surface area contributed by atoms with E-state index in [-0.39, 0.29) is 12.1 Å². The van der Waals surface area contributed by atoms with Crippen molar-refractivity contribution in [2.45, 2.75) is 39.3 Å². The Balaban J connectivity index is 2.72. The molecule has 5 heteroatoms. The number of aryl methyl sites for hydroxylation is 1. The Bertz CT molecular complexity index is 407. The van der Waals surface area contributed by atoms with E-state index in [1.54, 1.807) is 13.0 Å². The largest absolute Gasteiger partial charge is 0.465 e. The first kappa shape index (κ1) is 14.7. The van der Waals surface area contributed by atoms with Crippen molar-refractivity contribution in [3.63, 3.8) is 0 Å². The van der Waals surface area contributed by atoms with E-state index in [4.69, 9.17) is 4.42 Å². The molecule has 1 rings (SSSR count). The van der Waals surface area contributed by atoms with Gasteiger partial charge in [0.15, 0.2) is 0 Å². The van der Waals surface area contributed by atoms with Crippen molar-refractivity contribution in [1.82, 2.24) is 5.32 Å². The highest BCUT2D eigenvalue weighted by atomic mass is 16.5. The van der Waals surface area contributed by atoms with Crippen molar-refractivity contribution in [1.29, 1.82) is 0 Å². The molecule has 0 spiro atoms. The summed E-state index contributed by atoms with van der Waals surface area (Å²) in [6, 6.07) is 1.67. The number of aliphatic hydroxyl groups excluding tert-OH is 1. The fourth-order valence-corrected chi connectivity index (χ4v) is 1.54. The van der Waals surface area contributed by atoms with Crippen LogP contribution < -0.4 is 5.32 Å². The minimum atomic E-state index is -0.400. The minimum absolute atomic E-state index is 0.0487. The van der Waals surface area contributed by atoms with Gasteiger partial charge in [0.25, 0.3) is 0 Å². The van der Waals surface area contributed by atoms with Crippen LogP contribution in [0.1, 0.15) is 42.1 Å². The second-order valence-corrected chi connectivity index (χ2v) is 4.60. The molecule has 1 atom stereocenters. The maximum absolute atomic E-state index is 11.4. The third kappa shape index (κ3) is 3.34.